The van der Waals surface area contributed by atoms with E-state index in [1.807, 2.05) is 0 Å². The molecule has 0 aromatic heterocycles. The van der Waals surface area contributed by atoms with Crippen molar-refractivity contribution < 1.29 is 42.3 Å². The Morgan fingerprint density at radius 3 is 0.846 bits per heavy atom. The third-order valence-corrected chi connectivity index (χ3v) is 0. The number of hydrogen-bond donors (Lipinski definition) is 3. The largest absolute Gasteiger partial charge is 2.00 e. The van der Waals surface area contributed by atoms with Crippen LogP contribution in [0.4, 0.5) is 0 Å². The zero-order chi connectivity index (χ0) is 10.7. The van der Waals surface area contributed by atoms with Crippen LogP contribution in [0.1, 0.15) is 0 Å². The van der Waals surface area contributed by atoms with Gasteiger partial charge in [0.1, 0.15) is 0 Å². The van der Waals surface area contributed by atoms with Gasteiger partial charge in [-0.05, 0) is 0 Å². The molecule has 0 saturated heterocycles. The Labute approximate surface area is 81.1 Å². The van der Waals surface area contributed by atoms with Crippen LogP contribution in [-0.2, 0) is 17.1 Å². The third-order valence-electron chi connectivity index (χ3n) is 0. The monoisotopic (exact) mass is 242 g/mol. The van der Waals surface area contributed by atoms with Gasteiger partial charge >= 0.3 is 24.4 Å². The fourth-order valence-corrected chi connectivity index (χ4v) is 0. The Kier molecular flexibility index (Phi) is 29.8. The van der Waals surface area contributed by atoms with Gasteiger partial charge in [0.2, 0.25) is 0 Å². The van der Waals surface area contributed by atoms with Crippen LogP contribution in [0, 0.1) is 30.6 Å². The van der Waals surface area contributed by atoms with Crippen molar-refractivity contribution >= 4 is 7.32 Å². The van der Waals surface area contributed by atoms with Crippen molar-refractivity contribution in [3.8, 4) is 0 Å². The van der Waals surface area contributed by atoms with Crippen molar-refractivity contribution in [2.45, 2.75) is 0 Å². The Morgan fingerprint density at radius 2 is 0.846 bits per heavy atom. The molecule has 0 spiro atoms. The average Bonchev–Trinajstić information content (AvgIpc) is 1.54. The zero-order valence-electron chi connectivity index (χ0n) is 5.62. The second-order valence-electron chi connectivity index (χ2n) is 0.794. The minimum absolute atomic E-state index is 0. The van der Waals surface area contributed by atoms with Gasteiger partial charge in [-0.25, -0.2) is 0 Å². The number of nitrogens with zero attached hydrogens (tertiary/aromatic N) is 2. The Morgan fingerprint density at radius 1 is 0.846 bits per heavy atom. The first-order valence-electron chi connectivity index (χ1n) is 1.87. The van der Waals surface area contributed by atoms with Gasteiger partial charge in [0, 0.05) is 0 Å². The fourth-order valence-electron chi connectivity index (χ4n) is 0. The first-order valence-corrected chi connectivity index (χ1v) is 1.87. The van der Waals surface area contributed by atoms with Crippen LogP contribution in [0.25, 0.3) is 0 Å². The van der Waals surface area contributed by atoms with E-state index in [2.05, 4.69) is 0 Å². The van der Waals surface area contributed by atoms with Crippen molar-refractivity contribution in [3.05, 3.63) is 30.6 Å². The maximum Gasteiger partial charge on any atom is 2.00 e. The molecule has 0 aliphatic rings. The summed E-state index contributed by atoms with van der Waals surface area (Å²) in [7, 11) is -2.17. The summed E-state index contributed by atoms with van der Waals surface area (Å²) in [5.41, 5.74) is 0. The first-order chi connectivity index (χ1) is 5.20. The smallest absolute Gasteiger partial charge is 0.402 e. The van der Waals surface area contributed by atoms with Crippen molar-refractivity contribution in [2.75, 3.05) is 0 Å². The summed E-state index contributed by atoms with van der Waals surface area (Å²) >= 11 is 0. The molecule has 0 aliphatic carbocycles. The molecule has 0 amide bonds. The molecule has 0 fully saturated rings. The van der Waals surface area contributed by atoms with Gasteiger partial charge in [-0.15, -0.1) is 0 Å². The standard InChI is InChI=1S/BH3O3.Fe.2NO3/c2-1(3)4;;2*2-1(3)4/h2-4H;;;/q;+2;2*-1. The summed E-state index contributed by atoms with van der Waals surface area (Å²) in [6.07, 6.45) is 0. The van der Waals surface area contributed by atoms with Gasteiger partial charge in [-0.3, -0.25) is 0 Å². The van der Waals surface area contributed by atoms with Crippen LogP contribution in [0.5, 0.6) is 0 Å². The topological polar surface area (TPSA) is 193 Å². The van der Waals surface area contributed by atoms with Crippen LogP contribution < -0.4 is 0 Å². The van der Waals surface area contributed by atoms with E-state index in [1.165, 1.54) is 0 Å². The minimum Gasteiger partial charge on any atom is -0.402 e. The molecule has 0 aromatic rings. The third kappa shape index (κ3) is 662. The van der Waals surface area contributed by atoms with Gasteiger partial charge in [-0.1, -0.05) is 0 Å². The summed E-state index contributed by atoms with van der Waals surface area (Å²) in [5.74, 6) is 0. The molecule has 0 rings (SSSR count). The molecule has 0 aliphatic heterocycles. The van der Waals surface area contributed by atoms with Crippen LogP contribution in [0.3, 0.4) is 0 Å². The minimum atomic E-state index is -2.17. The molecule has 0 atom stereocenters. The van der Waals surface area contributed by atoms with Gasteiger partial charge in [0.05, 0.1) is 10.2 Å². The summed E-state index contributed by atoms with van der Waals surface area (Å²) < 4.78 is 0. The molecule has 78 valence electrons. The molecule has 13 heteroatoms. The Hall–Kier alpha value is -1.14. The molecule has 0 bridgehead atoms. The molecule has 0 heterocycles. The maximum atomic E-state index is 8.25. The van der Waals surface area contributed by atoms with E-state index in [0.29, 0.717) is 0 Å². The van der Waals surface area contributed by atoms with Gasteiger partial charge < -0.3 is 45.7 Å². The van der Waals surface area contributed by atoms with Crippen molar-refractivity contribution in [2.24, 2.45) is 0 Å². The summed E-state index contributed by atoms with van der Waals surface area (Å²) in [5, 5.41) is 51.0. The molecule has 0 saturated carbocycles. The summed E-state index contributed by atoms with van der Waals surface area (Å²) in [4.78, 5) is 16.5. The van der Waals surface area contributed by atoms with E-state index in [-0.39, 0.29) is 17.1 Å². The summed E-state index contributed by atoms with van der Waals surface area (Å²) in [6.45, 7) is 0. The molecule has 0 radical (unpaired) electrons. The SMILES string of the molecule is O=[N+]([O-])[O-].O=[N+]([O-])[O-].OB(O)O.[Fe+2]. The van der Waals surface area contributed by atoms with E-state index in [1.54, 1.807) is 0 Å². The predicted molar refractivity (Wildman–Crippen MR) is 33.1 cm³/mol. The normalized spacial score (nSPS) is 5.77. The van der Waals surface area contributed by atoms with E-state index in [9.17, 15) is 0 Å². The second kappa shape index (κ2) is 17.1. The van der Waals surface area contributed by atoms with Crippen LogP contribution in [0.2, 0.25) is 0 Å². The zero-order valence-corrected chi connectivity index (χ0v) is 6.72. The molecular weight excluding hydrogens is 239 g/mol. The average molecular weight is 242 g/mol. The maximum absolute atomic E-state index is 8.25. The Bertz CT molecular complexity index is 102. The molecule has 0 unspecified atom stereocenters. The van der Waals surface area contributed by atoms with E-state index < -0.39 is 17.5 Å². The van der Waals surface area contributed by atoms with Gasteiger partial charge in [0.15, 0.2) is 0 Å². The fraction of sp³-hybridized carbons (Fsp3) is 0. The quantitative estimate of drug-likeness (QED) is 0.233. The van der Waals surface area contributed by atoms with Crippen LogP contribution in [0.15, 0.2) is 0 Å². The number of rotatable bonds is 0. The van der Waals surface area contributed by atoms with Crippen molar-refractivity contribution in [1.82, 2.24) is 0 Å². The van der Waals surface area contributed by atoms with E-state index in [4.69, 9.17) is 45.7 Å². The van der Waals surface area contributed by atoms with Crippen molar-refractivity contribution in [1.29, 1.82) is 0 Å². The molecular formula is H3BFeN2O9. The van der Waals surface area contributed by atoms with Crippen molar-refractivity contribution in [3.63, 3.8) is 0 Å². The first kappa shape index (κ1) is 22.6. The van der Waals surface area contributed by atoms with Gasteiger partial charge in [0.25, 0.3) is 0 Å². The van der Waals surface area contributed by atoms with Gasteiger partial charge in [-0.2, -0.15) is 0 Å². The van der Waals surface area contributed by atoms with E-state index >= 15 is 0 Å². The molecule has 3 N–H and O–H groups in total. The molecule has 0 aromatic carbocycles. The number of hydrogen-bond acceptors (Lipinski definition) is 9. The summed E-state index contributed by atoms with van der Waals surface area (Å²) in [6, 6.07) is 0. The molecule has 11 nitrogen and oxygen atoms in total. The molecule has 13 heavy (non-hydrogen) atoms. The van der Waals surface area contributed by atoms with Crippen LogP contribution in [-0.4, -0.2) is 32.6 Å². The Balaban J connectivity index is -0.0000000450. The predicted octanol–water partition coefficient (Wildman–Crippen LogP) is -2.53. The van der Waals surface area contributed by atoms with Crippen LogP contribution >= 0.6 is 0 Å². The second-order valence-corrected chi connectivity index (χ2v) is 0.794. The van der Waals surface area contributed by atoms with E-state index in [0.717, 1.165) is 0 Å².